The number of carbonyl (C=O) groups is 1. The first kappa shape index (κ1) is 9.31. The summed E-state index contributed by atoms with van der Waals surface area (Å²) in [6, 6.07) is 0. The number of nitrogens with zero attached hydrogens (tertiary/aromatic N) is 1. The molecular weight excluding hydrogens is 176 g/mol. The lowest BCUT2D eigenvalue weighted by atomic mass is 10.1. The van der Waals surface area contributed by atoms with Crippen molar-refractivity contribution in [1.82, 2.24) is 10.2 Å². The van der Waals surface area contributed by atoms with Gasteiger partial charge in [0.15, 0.2) is 0 Å². The van der Waals surface area contributed by atoms with E-state index in [2.05, 4.69) is 16.4 Å². The number of carbonyl (C=O) groups excluding carboxylic acids is 1. The Morgan fingerprint density at radius 2 is 2.07 bits per heavy atom. The number of likely N-dealkylation sites (tertiary alicyclic amines) is 1. The summed E-state index contributed by atoms with van der Waals surface area (Å²) in [4.78, 5) is 13.4. The summed E-state index contributed by atoms with van der Waals surface area (Å²) in [5, 5.41) is 2.67. The average Bonchev–Trinajstić information content (AvgIpc) is 2.19. The summed E-state index contributed by atoms with van der Waals surface area (Å²) < 4.78 is 0. The predicted octanol–water partition coefficient (Wildman–Crippen LogP) is 1.39. The number of nitrogens with one attached hydrogen (secondary N) is 1. The molecule has 0 aromatic rings. The standard InChI is InChI=1S/C11H16N2O/c14-11-8-10(4-5-12-11)9-13-6-2-1-3-7-13/h4-5,9H,1-3,6-8H2,(H,12,14). The molecule has 0 aliphatic carbocycles. The van der Waals surface area contributed by atoms with Gasteiger partial charge in [0.05, 0.1) is 6.42 Å². The Labute approximate surface area is 84.5 Å². The molecule has 3 nitrogen and oxygen atoms in total. The van der Waals surface area contributed by atoms with Crippen LogP contribution in [0.1, 0.15) is 25.7 Å². The van der Waals surface area contributed by atoms with Crippen LogP contribution < -0.4 is 5.32 Å². The molecule has 2 rings (SSSR count). The Kier molecular flexibility index (Phi) is 2.87. The second-order valence-electron chi connectivity index (χ2n) is 3.88. The first-order valence-electron chi connectivity index (χ1n) is 5.25. The maximum atomic E-state index is 11.1. The van der Waals surface area contributed by atoms with E-state index in [-0.39, 0.29) is 5.91 Å². The van der Waals surface area contributed by atoms with Gasteiger partial charge >= 0.3 is 0 Å². The van der Waals surface area contributed by atoms with Gasteiger partial charge in [-0.25, -0.2) is 0 Å². The molecule has 1 saturated heterocycles. The van der Waals surface area contributed by atoms with Crippen molar-refractivity contribution in [1.29, 1.82) is 0 Å². The third-order valence-electron chi connectivity index (χ3n) is 2.65. The molecular formula is C11H16N2O. The summed E-state index contributed by atoms with van der Waals surface area (Å²) >= 11 is 0. The highest BCUT2D eigenvalue weighted by Crippen LogP contribution is 2.14. The Bertz CT molecular complexity index is 275. The van der Waals surface area contributed by atoms with Crippen molar-refractivity contribution >= 4 is 5.91 Å². The van der Waals surface area contributed by atoms with Crippen LogP contribution in [-0.2, 0) is 4.79 Å². The highest BCUT2D eigenvalue weighted by molar-refractivity contribution is 5.81. The number of piperidine rings is 1. The van der Waals surface area contributed by atoms with E-state index in [1.54, 1.807) is 6.20 Å². The van der Waals surface area contributed by atoms with E-state index < -0.39 is 0 Å². The average molecular weight is 192 g/mol. The van der Waals surface area contributed by atoms with Crippen LogP contribution in [0.2, 0.25) is 0 Å². The van der Waals surface area contributed by atoms with E-state index in [0.29, 0.717) is 6.42 Å². The zero-order chi connectivity index (χ0) is 9.80. The molecule has 1 N–H and O–H groups in total. The molecule has 2 aliphatic rings. The van der Waals surface area contributed by atoms with E-state index in [1.165, 1.54) is 19.3 Å². The van der Waals surface area contributed by atoms with Crippen LogP contribution in [0.3, 0.4) is 0 Å². The van der Waals surface area contributed by atoms with Gasteiger partial charge in [0, 0.05) is 25.5 Å². The molecule has 3 heteroatoms. The largest absolute Gasteiger partial charge is 0.377 e. The quantitative estimate of drug-likeness (QED) is 0.681. The first-order chi connectivity index (χ1) is 6.84. The Hall–Kier alpha value is -1.25. The number of hydrogen-bond donors (Lipinski definition) is 1. The van der Waals surface area contributed by atoms with E-state index in [9.17, 15) is 4.79 Å². The normalized spacial score (nSPS) is 25.3. The molecule has 0 bridgehead atoms. The number of allylic oxidation sites excluding steroid dienone is 1. The van der Waals surface area contributed by atoms with Gasteiger partial charge in [0.2, 0.25) is 5.91 Å². The van der Waals surface area contributed by atoms with Crippen LogP contribution in [0.25, 0.3) is 0 Å². The van der Waals surface area contributed by atoms with E-state index in [1.807, 2.05) is 6.08 Å². The van der Waals surface area contributed by atoms with Gasteiger partial charge in [-0.05, 0) is 30.9 Å². The minimum atomic E-state index is 0.0933. The topological polar surface area (TPSA) is 32.3 Å². The second-order valence-corrected chi connectivity index (χ2v) is 3.88. The maximum absolute atomic E-state index is 11.1. The Morgan fingerprint density at radius 1 is 1.29 bits per heavy atom. The molecule has 0 aromatic heterocycles. The zero-order valence-electron chi connectivity index (χ0n) is 8.33. The lowest BCUT2D eigenvalue weighted by Gasteiger charge is -2.26. The van der Waals surface area contributed by atoms with Crippen molar-refractivity contribution in [2.75, 3.05) is 13.1 Å². The summed E-state index contributed by atoms with van der Waals surface area (Å²) in [6.07, 6.45) is 10.3. The molecule has 76 valence electrons. The monoisotopic (exact) mass is 192 g/mol. The van der Waals surface area contributed by atoms with Crippen molar-refractivity contribution in [3.05, 3.63) is 24.0 Å². The zero-order valence-corrected chi connectivity index (χ0v) is 8.33. The second kappa shape index (κ2) is 4.31. The molecule has 2 heterocycles. The van der Waals surface area contributed by atoms with Crippen LogP contribution >= 0.6 is 0 Å². The van der Waals surface area contributed by atoms with Crippen molar-refractivity contribution in [3.63, 3.8) is 0 Å². The Balaban J connectivity index is 1.98. The van der Waals surface area contributed by atoms with Crippen LogP contribution in [0.5, 0.6) is 0 Å². The van der Waals surface area contributed by atoms with Crippen molar-refractivity contribution in [3.8, 4) is 0 Å². The van der Waals surface area contributed by atoms with Crippen molar-refractivity contribution in [2.45, 2.75) is 25.7 Å². The molecule has 0 aromatic carbocycles. The SMILES string of the molecule is O=C1CC(=CN2CCCCC2)C=CN1. The van der Waals surface area contributed by atoms with Gasteiger partial charge in [-0.1, -0.05) is 0 Å². The van der Waals surface area contributed by atoms with Crippen LogP contribution in [0, 0.1) is 0 Å². The molecule has 1 fully saturated rings. The summed E-state index contributed by atoms with van der Waals surface area (Å²) in [6.45, 7) is 2.28. The number of rotatable bonds is 1. The lowest BCUT2D eigenvalue weighted by molar-refractivity contribution is -0.119. The molecule has 1 amide bonds. The van der Waals surface area contributed by atoms with E-state index in [4.69, 9.17) is 0 Å². The fourth-order valence-corrected chi connectivity index (χ4v) is 1.91. The van der Waals surface area contributed by atoms with Crippen LogP contribution in [0.4, 0.5) is 0 Å². The van der Waals surface area contributed by atoms with Gasteiger partial charge in [0.25, 0.3) is 0 Å². The minimum absolute atomic E-state index is 0.0933. The van der Waals surface area contributed by atoms with Gasteiger partial charge < -0.3 is 10.2 Å². The maximum Gasteiger partial charge on any atom is 0.228 e. The summed E-state index contributed by atoms with van der Waals surface area (Å²) in [5.74, 6) is 0.0933. The van der Waals surface area contributed by atoms with E-state index >= 15 is 0 Å². The smallest absolute Gasteiger partial charge is 0.228 e. The molecule has 0 saturated carbocycles. The van der Waals surface area contributed by atoms with Crippen molar-refractivity contribution in [2.24, 2.45) is 0 Å². The number of amides is 1. The van der Waals surface area contributed by atoms with Crippen molar-refractivity contribution < 1.29 is 4.79 Å². The predicted molar refractivity (Wildman–Crippen MR) is 55.4 cm³/mol. The van der Waals surface area contributed by atoms with E-state index in [0.717, 1.165) is 18.7 Å². The number of hydrogen-bond acceptors (Lipinski definition) is 2. The highest BCUT2D eigenvalue weighted by atomic mass is 16.1. The molecule has 0 unspecified atom stereocenters. The molecule has 14 heavy (non-hydrogen) atoms. The van der Waals surface area contributed by atoms with Gasteiger partial charge in [-0.3, -0.25) is 4.79 Å². The lowest BCUT2D eigenvalue weighted by Crippen LogP contribution is -2.26. The Morgan fingerprint density at radius 3 is 2.79 bits per heavy atom. The highest BCUT2D eigenvalue weighted by Gasteiger charge is 2.10. The summed E-state index contributed by atoms with van der Waals surface area (Å²) in [5.41, 5.74) is 1.12. The molecule has 0 atom stereocenters. The first-order valence-corrected chi connectivity index (χ1v) is 5.25. The molecule has 0 radical (unpaired) electrons. The molecule has 2 aliphatic heterocycles. The van der Waals surface area contributed by atoms with Gasteiger partial charge in [-0.2, -0.15) is 0 Å². The third kappa shape index (κ3) is 2.37. The van der Waals surface area contributed by atoms with Crippen LogP contribution in [-0.4, -0.2) is 23.9 Å². The van der Waals surface area contributed by atoms with Crippen LogP contribution in [0.15, 0.2) is 24.0 Å². The molecule has 0 spiro atoms. The van der Waals surface area contributed by atoms with Gasteiger partial charge in [0.1, 0.15) is 0 Å². The summed E-state index contributed by atoms with van der Waals surface area (Å²) in [7, 11) is 0. The minimum Gasteiger partial charge on any atom is -0.377 e. The van der Waals surface area contributed by atoms with Gasteiger partial charge in [-0.15, -0.1) is 0 Å². The fraction of sp³-hybridized carbons (Fsp3) is 0.545. The third-order valence-corrected chi connectivity index (χ3v) is 2.65. The fourth-order valence-electron chi connectivity index (χ4n) is 1.91.